The molecule has 1 saturated heterocycles. The number of ether oxygens (including phenoxy) is 1. The van der Waals surface area contributed by atoms with Crippen LogP contribution >= 0.6 is 0 Å². The Balaban J connectivity index is 1.43. The van der Waals surface area contributed by atoms with Crippen molar-refractivity contribution in [1.82, 2.24) is 14.9 Å². The van der Waals surface area contributed by atoms with Gasteiger partial charge in [-0.15, -0.1) is 0 Å². The second kappa shape index (κ2) is 8.53. The number of rotatable bonds is 7. The molecule has 1 aliphatic rings. The van der Waals surface area contributed by atoms with E-state index in [1.165, 1.54) is 11.8 Å². The number of carbonyl (C=O) groups is 2. The van der Waals surface area contributed by atoms with Crippen LogP contribution in [0.2, 0.25) is 0 Å². The maximum atomic E-state index is 12.4. The fraction of sp³-hybridized carbons (Fsp3) is 0.368. The zero-order valence-corrected chi connectivity index (χ0v) is 14.4. The van der Waals surface area contributed by atoms with Crippen LogP contribution in [0.25, 0.3) is 0 Å². The molecule has 0 aliphatic carbocycles. The van der Waals surface area contributed by atoms with Gasteiger partial charge in [0.15, 0.2) is 5.69 Å². The quantitative estimate of drug-likeness (QED) is 0.764. The molecule has 136 valence electrons. The minimum absolute atomic E-state index is 0.0287. The molecule has 2 heterocycles. The SMILES string of the molecule is O=C(O)c1cnc(C(=O)N2CCC(OCCCc3ccccc3)C2)cn1. The molecule has 1 aromatic heterocycles. The van der Waals surface area contributed by atoms with Gasteiger partial charge in [-0.3, -0.25) is 4.79 Å². The van der Waals surface area contributed by atoms with E-state index >= 15 is 0 Å². The lowest BCUT2D eigenvalue weighted by Gasteiger charge is -2.16. The molecular formula is C19H21N3O4. The van der Waals surface area contributed by atoms with E-state index in [4.69, 9.17) is 9.84 Å². The second-order valence-corrected chi connectivity index (χ2v) is 6.21. The van der Waals surface area contributed by atoms with Crippen LogP contribution in [0.3, 0.4) is 0 Å². The summed E-state index contributed by atoms with van der Waals surface area (Å²) in [5.41, 5.74) is 1.27. The topological polar surface area (TPSA) is 92.6 Å². The fourth-order valence-electron chi connectivity index (χ4n) is 2.93. The zero-order valence-electron chi connectivity index (χ0n) is 14.4. The number of aryl methyl sites for hydroxylation is 1. The summed E-state index contributed by atoms with van der Waals surface area (Å²) in [7, 11) is 0. The van der Waals surface area contributed by atoms with Crippen molar-refractivity contribution in [2.45, 2.75) is 25.4 Å². The summed E-state index contributed by atoms with van der Waals surface area (Å²) in [6.07, 6.45) is 5.04. The van der Waals surface area contributed by atoms with Crippen molar-refractivity contribution in [3.63, 3.8) is 0 Å². The Kier molecular flexibility index (Phi) is 5.91. The molecule has 1 N–H and O–H groups in total. The molecule has 7 nitrogen and oxygen atoms in total. The van der Waals surface area contributed by atoms with E-state index in [0.717, 1.165) is 25.5 Å². The lowest BCUT2D eigenvalue weighted by molar-refractivity contribution is 0.0522. The van der Waals surface area contributed by atoms with E-state index < -0.39 is 5.97 Å². The van der Waals surface area contributed by atoms with Gasteiger partial charge in [0.1, 0.15) is 5.69 Å². The largest absolute Gasteiger partial charge is 0.476 e. The molecule has 2 aromatic rings. The van der Waals surface area contributed by atoms with Crippen molar-refractivity contribution in [1.29, 1.82) is 0 Å². The zero-order chi connectivity index (χ0) is 18.4. The summed E-state index contributed by atoms with van der Waals surface area (Å²) in [6, 6.07) is 10.3. The molecule has 1 fully saturated rings. The summed E-state index contributed by atoms with van der Waals surface area (Å²) in [6.45, 7) is 1.78. The minimum Gasteiger partial charge on any atom is -0.476 e. The predicted octanol–water partition coefficient (Wildman–Crippen LogP) is 2.04. The van der Waals surface area contributed by atoms with Crippen LogP contribution in [0.1, 0.15) is 39.4 Å². The van der Waals surface area contributed by atoms with Crippen molar-refractivity contribution < 1.29 is 19.4 Å². The Labute approximate surface area is 151 Å². The first kappa shape index (κ1) is 18.0. The number of carboxylic acid groups (broad SMARTS) is 1. The molecule has 1 aromatic carbocycles. The van der Waals surface area contributed by atoms with Crippen LogP contribution in [0.5, 0.6) is 0 Å². The molecule has 0 radical (unpaired) electrons. The monoisotopic (exact) mass is 355 g/mol. The molecule has 0 bridgehead atoms. The van der Waals surface area contributed by atoms with Crippen molar-refractivity contribution in [3.8, 4) is 0 Å². The first-order valence-electron chi connectivity index (χ1n) is 8.63. The normalized spacial score (nSPS) is 16.6. The predicted molar refractivity (Wildman–Crippen MR) is 94.0 cm³/mol. The van der Waals surface area contributed by atoms with Crippen molar-refractivity contribution in [3.05, 3.63) is 59.7 Å². The lowest BCUT2D eigenvalue weighted by atomic mass is 10.1. The molecule has 1 amide bonds. The Morgan fingerprint density at radius 2 is 1.88 bits per heavy atom. The minimum atomic E-state index is -1.17. The van der Waals surface area contributed by atoms with Gasteiger partial charge < -0.3 is 14.7 Å². The highest BCUT2D eigenvalue weighted by molar-refractivity contribution is 5.93. The van der Waals surface area contributed by atoms with Crippen molar-refractivity contribution in [2.75, 3.05) is 19.7 Å². The summed E-state index contributed by atoms with van der Waals surface area (Å²) in [4.78, 5) is 32.5. The molecule has 26 heavy (non-hydrogen) atoms. The van der Waals surface area contributed by atoms with Crippen LogP contribution < -0.4 is 0 Å². The molecule has 3 rings (SSSR count). The van der Waals surface area contributed by atoms with Crippen molar-refractivity contribution in [2.24, 2.45) is 0 Å². The lowest BCUT2D eigenvalue weighted by Crippen LogP contribution is -2.31. The fourth-order valence-corrected chi connectivity index (χ4v) is 2.93. The average molecular weight is 355 g/mol. The summed E-state index contributed by atoms with van der Waals surface area (Å²) < 4.78 is 5.88. The number of likely N-dealkylation sites (tertiary alicyclic amines) is 1. The van der Waals surface area contributed by atoms with Crippen LogP contribution in [-0.2, 0) is 11.2 Å². The van der Waals surface area contributed by atoms with E-state index in [9.17, 15) is 9.59 Å². The number of aromatic nitrogens is 2. The maximum Gasteiger partial charge on any atom is 0.356 e. The van der Waals surface area contributed by atoms with E-state index in [0.29, 0.717) is 19.7 Å². The Bertz CT molecular complexity index is 749. The Morgan fingerprint density at radius 3 is 2.58 bits per heavy atom. The number of carboxylic acids is 1. The maximum absolute atomic E-state index is 12.4. The van der Waals surface area contributed by atoms with Crippen LogP contribution in [0, 0.1) is 0 Å². The molecule has 1 aliphatic heterocycles. The van der Waals surface area contributed by atoms with Crippen molar-refractivity contribution >= 4 is 11.9 Å². The molecular weight excluding hydrogens is 334 g/mol. The number of aromatic carboxylic acids is 1. The highest BCUT2D eigenvalue weighted by Crippen LogP contribution is 2.16. The average Bonchev–Trinajstić information content (AvgIpc) is 3.14. The van der Waals surface area contributed by atoms with Gasteiger partial charge in [0.25, 0.3) is 5.91 Å². The van der Waals surface area contributed by atoms with Gasteiger partial charge in [0, 0.05) is 19.7 Å². The smallest absolute Gasteiger partial charge is 0.356 e. The summed E-state index contributed by atoms with van der Waals surface area (Å²) >= 11 is 0. The highest BCUT2D eigenvalue weighted by Gasteiger charge is 2.28. The number of carbonyl (C=O) groups excluding carboxylic acids is 1. The first-order chi connectivity index (χ1) is 12.6. The van der Waals surface area contributed by atoms with Crippen LogP contribution in [0.4, 0.5) is 0 Å². The van der Waals surface area contributed by atoms with Gasteiger partial charge in [0.2, 0.25) is 0 Å². The van der Waals surface area contributed by atoms with Gasteiger partial charge >= 0.3 is 5.97 Å². The van der Waals surface area contributed by atoms with Crippen LogP contribution in [0.15, 0.2) is 42.7 Å². The summed E-state index contributed by atoms with van der Waals surface area (Å²) in [5, 5.41) is 8.82. The van der Waals surface area contributed by atoms with E-state index in [-0.39, 0.29) is 23.4 Å². The number of amides is 1. The number of hydrogen-bond acceptors (Lipinski definition) is 5. The third-order valence-electron chi connectivity index (χ3n) is 4.33. The number of benzene rings is 1. The van der Waals surface area contributed by atoms with Gasteiger partial charge in [-0.2, -0.15) is 0 Å². The summed E-state index contributed by atoms with van der Waals surface area (Å²) in [5.74, 6) is -1.41. The third-order valence-corrected chi connectivity index (χ3v) is 4.33. The van der Waals surface area contributed by atoms with Gasteiger partial charge in [0.05, 0.1) is 18.5 Å². The molecule has 0 spiro atoms. The Hall–Kier alpha value is -2.80. The second-order valence-electron chi connectivity index (χ2n) is 6.21. The van der Waals surface area contributed by atoms with E-state index in [1.807, 2.05) is 18.2 Å². The molecule has 1 atom stereocenters. The number of hydrogen-bond donors (Lipinski definition) is 1. The van der Waals surface area contributed by atoms with Gasteiger partial charge in [-0.1, -0.05) is 30.3 Å². The standard InChI is InChI=1S/C19H21N3O4/c23-18(16-11-21-17(12-20-16)19(24)25)22-9-8-15(13-22)26-10-4-7-14-5-2-1-3-6-14/h1-3,5-6,11-12,15H,4,7-10,13H2,(H,24,25). The number of nitrogens with zero attached hydrogens (tertiary/aromatic N) is 3. The highest BCUT2D eigenvalue weighted by atomic mass is 16.5. The van der Waals surface area contributed by atoms with Gasteiger partial charge in [-0.05, 0) is 24.8 Å². The van der Waals surface area contributed by atoms with Gasteiger partial charge in [-0.25, -0.2) is 14.8 Å². The first-order valence-corrected chi connectivity index (χ1v) is 8.63. The van der Waals surface area contributed by atoms with E-state index in [1.54, 1.807) is 4.90 Å². The van der Waals surface area contributed by atoms with E-state index in [2.05, 4.69) is 22.1 Å². The molecule has 7 heteroatoms. The van der Waals surface area contributed by atoms with Crippen LogP contribution in [-0.4, -0.2) is 57.7 Å². The third kappa shape index (κ3) is 4.64. The Morgan fingerprint density at radius 1 is 1.15 bits per heavy atom. The molecule has 1 unspecified atom stereocenters. The molecule has 0 saturated carbocycles.